The number of esters is 1. The van der Waals surface area contributed by atoms with Crippen LogP contribution in [0.1, 0.15) is 26.5 Å². The van der Waals surface area contributed by atoms with E-state index in [9.17, 15) is 28.4 Å². The first-order valence-electron chi connectivity index (χ1n) is 10.1. The highest BCUT2D eigenvalue weighted by Crippen LogP contribution is 2.47. The normalized spacial score (nSPS) is 23.4. The highest BCUT2D eigenvalue weighted by atomic mass is 31.2. The summed E-state index contributed by atoms with van der Waals surface area (Å²) in [7, 11) is -3.07. The van der Waals surface area contributed by atoms with Gasteiger partial charge < -0.3 is 19.1 Å². The molecule has 0 aromatic carbocycles. The Morgan fingerprint density at radius 2 is 2.24 bits per heavy atom. The van der Waals surface area contributed by atoms with E-state index in [2.05, 4.69) is 16.4 Å². The molecule has 1 aromatic heterocycles. The van der Waals surface area contributed by atoms with Crippen molar-refractivity contribution in [3.8, 4) is 0 Å². The van der Waals surface area contributed by atoms with Crippen molar-refractivity contribution in [1.29, 1.82) is 0 Å². The molecule has 3 N–H and O–H groups in total. The van der Waals surface area contributed by atoms with Gasteiger partial charge in [0.05, 0.1) is 26.0 Å². The highest BCUT2D eigenvalue weighted by molar-refractivity contribution is 7.51. The van der Waals surface area contributed by atoms with Crippen LogP contribution >= 0.6 is 7.75 Å². The number of hydrogen-bond acceptors (Lipinski definition) is 9. The number of methoxy groups -OCH3 is 1. The summed E-state index contributed by atoms with van der Waals surface area (Å²) in [6.45, 7) is 6.05. The number of hydrogen-bond donors (Lipinski definition) is 3. The number of nitrogens with zero attached hydrogens (tertiary/aromatic N) is 1. The van der Waals surface area contributed by atoms with E-state index in [0.717, 1.165) is 11.7 Å². The molecule has 1 aliphatic rings. The number of aliphatic hydroxyl groups is 1. The molecule has 2 heterocycles. The maximum Gasteiger partial charge on any atom is 0.459 e. The van der Waals surface area contributed by atoms with E-state index in [0.29, 0.717) is 6.20 Å². The van der Waals surface area contributed by atoms with E-state index in [1.54, 1.807) is 11.9 Å². The summed E-state index contributed by atoms with van der Waals surface area (Å²) in [6.07, 6.45) is 3.06. The molecule has 1 saturated heterocycles. The fourth-order valence-corrected chi connectivity index (χ4v) is 4.47. The number of halogens is 1. The van der Waals surface area contributed by atoms with Crippen molar-refractivity contribution in [2.45, 2.75) is 44.7 Å². The van der Waals surface area contributed by atoms with Crippen molar-refractivity contribution in [3.05, 3.63) is 69.5 Å². The summed E-state index contributed by atoms with van der Waals surface area (Å²) in [4.78, 5) is 36.8. The van der Waals surface area contributed by atoms with Gasteiger partial charge in [-0.05, 0) is 26.0 Å². The summed E-state index contributed by atoms with van der Waals surface area (Å²) >= 11 is 0. The number of aromatic nitrogens is 2. The Balaban J connectivity index is 2.19. The topological polar surface area (TPSA) is 158 Å². The van der Waals surface area contributed by atoms with Gasteiger partial charge in [-0.15, -0.1) is 0 Å². The van der Waals surface area contributed by atoms with E-state index in [1.165, 1.54) is 31.2 Å². The molecule has 0 amide bonds. The van der Waals surface area contributed by atoms with Crippen LogP contribution in [0.5, 0.6) is 0 Å². The molecule has 12 nitrogen and oxygen atoms in total. The van der Waals surface area contributed by atoms with Gasteiger partial charge in [0.1, 0.15) is 24.1 Å². The van der Waals surface area contributed by atoms with E-state index in [-0.39, 0.29) is 12.2 Å². The fourth-order valence-electron chi connectivity index (χ4n) is 2.92. The summed E-state index contributed by atoms with van der Waals surface area (Å²) in [5, 5.41) is 12.8. The minimum Gasteiger partial charge on any atom is -0.468 e. The molecule has 1 aliphatic heterocycles. The first-order valence-corrected chi connectivity index (χ1v) is 11.7. The third-order valence-electron chi connectivity index (χ3n) is 4.66. The molecule has 34 heavy (non-hydrogen) atoms. The van der Waals surface area contributed by atoms with Crippen LogP contribution in [-0.2, 0) is 27.9 Å². The van der Waals surface area contributed by atoms with E-state index < -0.39 is 61.9 Å². The molecule has 188 valence electrons. The Bertz CT molecular complexity index is 1110. The Hall–Kier alpha value is -2.83. The molecule has 0 saturated carbocycles. The van der Waals surface area contributed by atoms with E-state index in [4.69, 9.17) is 13.8 Å². The number of aliphatic hydroxyl groups excluding tert-OH is 1. The van der Waals surface area contributed by atoms with Crippen molar-refractivity contribution in [3.63, 3.8) is 0 Å². The minimum absolute atomic E-state index is 0.133. The molecule has 1 fully saturated rings. The molecular weight excluding hydrogens is 476 g/mol. The molecule has 14 heteroatoms. The maximum absolute atomic E-state index is 13.6. The number of ether oxygens (including phenoxy) is 2. The van der Waals surface area contributed by atoms with Crippen molar-refractivity contribution in [2.24, 2.45) is 0 Å². The SMILES string of the molecule is C=C/C=C\C(=C/C)OP(=O)(N[C@@H](C)C(=O)OC)OC[C@H]1O[C@@H](n2cc(F)c(=O)[nH]c2=O)CC1O. The minimum atomic E-state index is -4.22. The predicted octanol–water partition coefficient (Wildman–Crippen LogP) is 1.26. The molecule has 0 bridgehead atoms. The lowest BCUT2D eigenvalue weighted by molar-refractivity contribution is -0.142. The van der Waals surface area contributed by atoms with Crippen LogP contribution in [0.3, 0.4) is 0 Å². The maximum atomic E-state index is 13.6. The van der Waals surface area contributed by atoms with Gasteiger partial charge in [0.2, 0.25) is 5.82 Å². The molecule has 0 radical (unpaired) electrons. The third kappa shape index (κ3) is 7.08. The van der Waals surface area contributed by atoms with Crippen molar-refractivity contribution in [2.75, 3.05) is 13.7 Å². The smallest absolute Gasteiger partial charge is 0.459 e. The van der Waals surface area contributed by atoms with Gasteiger partial charge in [0.15, 0.2) is 0 Å². The second kappa shape index (κ2) is 12.0. The molecule has 1 aromatic rings. The van der Waals surface area contributed by atoms with Gasteiger partial charge in [-0.1, -0.05) is 18.7 Å². The molecule has 0 spiro atoms. The van der Waals surface area contributed by atoms with Crippen LogP contribution < -0.4 is 16.3 Å². The average Bonchev–Trinajstić information content (AvgIpc) is 3.17. The number of aromatic amines is 1. The summed E-state index contributed by atoms with van der Waals surface area (Å²) < 4.78 is 48.8. The van der Waals surface area contributed by atoms with Crippen LogP contribution in [0, 0.1) is 5.82 Å². The van der Waals surface area contributed by atoms with Crippen LogP contribution in [0.15, 0.2) is 52.4 Å². The summed E-state index contributed by atoms with van der Waals surface area (Å²) in [6, 6.07) is -1.08. The summed E-state index contributed by atoms with van der Waals surface area (Å²) in [5.41, 5.74) is -2.12. The van der Waals surface area contributed by atoms with Gasteiger partial charge in [0, 0.05) is 6.42 Å². The highest BCUT2D eigenvalue weighted by Gasteiger charge is 2.39. The van der Waals surface area contributed by atoms with Crippen molar-refractivity contribution >= 4 is 13.7 Å². The molecule has 2 rings (SSSR count). The van der Waals surface area contributed by atoms with Gasteiger partial charge in [-0.25, -0.2) is 9.36 Å². The fraction of sp³-hybridized carbons (Fsp3) is 0.450. The zero-order chi connectivity index (χ0) is 25.5. The number of rotatable bonds is 11. The van der Waals surface area contributed by atoms with Crippen molar-refractivity contribution in [1.82, 2.24) is 14.6 Å². The monoisotopic (exact) mass is 503 g/mol. The lowest BCUT2D eigenvalue weighted by atomic mass is 10.2. The number of H-pyrrole nitrogens is 1. The van der Waals surface area contributed by atoms with Gasteiger partial charge >= 0.3 is 19.4 Å². The third-order valence-corrected chi connectivity index (χ3v) is 6.30. The van der Waals surface area contributed by atoms with Gasteiger partial charge in [0.25, 0.3) is 5.56 Å². The first-order chi connectivity index (χ1) is 16.0. The van der Waals surface area contributed by atoms with Gasteiger partial charge in [-0.3, -0.25) is 23.7 Å². The Labute approximate surface area is 194 Å². The largest absolute Gasteiger partial charge is 0.468 e. The summed E-state index contributed by atoms with van der Waals surface area (Å²) in [5.74, 6) is -1.80. The van der Waals surface area contributed by atoms with Crippen LogP contribution in [-0.4, -0.2) is 52.6 Å². The number of allylic oxidation sites excluding steroid dienone is 4. The first kappa shape index (κ1) is 27.4. The quantitative estimate of drug-likeness (QED) is 0.174. The standard InChI is InChI=1S/C20H27FN3O9P/c1-5-7-8-13(6-2)33-34(29,23-12(3)19(27)30-4)31-11-16-15(25)9-17(32-16)24-10-14(21)18(26)22-20(24)28/h5-8,10,12,15-17,25H,1,9,11H2,2-4H3,(H,23,29)(H,22,26,28)/b8-7-,13-6+/t12-,15?,16+,17+,34?/m0/s1. The van der Waals surface area contributed by atoms with E-state index in [1.807, 2.05) is 0 Å². The molecular formula is C20H27FN3O9P. The zero-order valence-corrected chi connectivity index (χ0v) is 19.7. The zero-order valence-electron chi connectivity index (χ0n) is 18.8. The number of carbonyl (C=O) groups excluding carboxylic acids is 1. The molecule has 2 unspecified atom stereocenters. The second-order valence-corrected chi connectivity index (χ2v) is 8.81. The predicted molar refractivity (Wildman–Crippen MR) is 118 cm³/mol. The Morgan fingerprint density at radius 1 is 1.53 bits per heavy atom. The Kier molecular flexibility index (Phi) is 9.71. The van der Waals surface area contributed by atoms with Crippen LogP contribution in [0.25, 0.3) is 0 Å². The molecule has 0 aliphatic carbocycles. The second-order valence-electron chi connectivity index (χ2n) is 7.12. The lowest BCUT2D eigenvalue weighted by Gasteiger charge is -2.24. The number of nitrogens with one attached hydrogen (secondary N) is 2. The Morgan fingerprint density at radius 3 is 2.85 bits per heavy atom. The number of carbonyl (C=O) groups is 1. The van der Waals surface area contributed by atoms with Crippen molar-refractivity contribution < 1.29 is 37.4 Å². The van der Waals surface area contributed by atoms with Crippen LogP contribution in [0.2, 0.25) is 0 Å². The van der Waals surface area contributed by atoms with Crippen LogP contribution in [0.4, 0.5) is 4.39 Å². The van der Waals surface area contributed by atoms with E-state index >= 15 is 0 Å². The van der Waals surface area contributed by atoms with Gasteiger partial charge in [-0.2, -0.15) is 9.48 Å². The lowest BCUT2D eigenvalue weighted by Crippen LogP contribution is -2.35. The molecule has 5 atom stereocenters. The average molecular weight is 503 g/mol.